The van der Waals surface area contributed by atoms with Gasteiger partial charge in [-0.3, -0.25) is 4.79 Å². The highest BCUT2D eigenvalue weighted by Crippen LogP contribution is 2.24. The van der Waals surface area contributed by atoms with E-state index < -0.39 is 5.24 Å². The molecule has 0 fully saturated rings. The predicted molar refractivity (Wildman–Crippen MR) is 54.6 cm³/mol. The summed E-state index contributed by atoms with van der Waals surface area (Å²) in [5.74, 6) is 0.593. The molecule has 1 N–H and O–H groups in total. The van der Waals surface area contributed by atoms with E-state index in [1.54, 1.807) is 12.1 Å². The summed E-state index contributed by atoms with van der Waals surface area (Å²) in [7, 11) is 1.51. The van der Waals surface area contributed by atoms with Crippen LogP contribution in [0.25, 0.3) is 6.08 Å². The molecule has 1 aromatic carbocycles. The minimum atomic E-state index is -0.583. The average Bonchev–Trinajstić information content (AvgIpc) is 2.15. The first-order valence-corrected chi connectivity index (χ1v) is 4.26. The fourth-order valence-electron chi connectivity index (χ4n) is 0.947. The molecule has 0 amide bonds. The van der Waals surface area contributed by atoms with Crippen LogP contribution >= 0.6 is 11.6 Å². The van der Waals surface area contributed by atoms with E-state index in [-0.39, 0.29) is 5.75 Å². The molecule has 1 aromatic rings. The van der Waals surface area contributed by atoms with Crippen molar-refractivity contribution in [3.05, 3.63) is 29.8 Å². The van der Waals surface area contributed by atoms with Crippen molar-refractivity contribution >= 4 is 22.9 Å². The van der Waals surface area contributed by atoms with E-state index in [0.29, 0.717) is 11.3 Å². The zero-order chi connectivity index (χ0) is 10.6. The van der Waals surface area contributed by atoms with Crippen LogP contribution in [0.1, 0.15) is 5.56 Å². The minimum absolute atomic E-state index is 0.0403. The molecular formula is C10H9ClO3. The maximum absolute atomic E-state index is 10.4. The second-order valence-electron chi connectivity index (χ2n) is 2.56. The number of ether oxygens (including phenoxy) is 1. The number of carbonyl (C=O) groups excluding carboxylic acids is 1. The van der Waals surface area contributed by atoms with Crippen molar-refractivity contribution in [3.63, 3.8) is 0 Å². The number of hydrogen-bond donors (Lipinski definition) is 1. The van der Waals surface area contributed by atoms with E-state index in [0.717, 1.165) is 0 Å². The van der Waals surface area contributed by atoms with Crippen molar-refractivity contribution < 1.29 is 14.6 Å². The quantitative estimate of drug-likeness (QED) is 0.617. The van der Waals surface area contributed by atoms with Crippen LogP contribution < -0.4 is 4.74 Å². The number of methoxy groups -OCH3 is 1. The summed E-state index contributed by atoms with van der Waals surface area (Å²) in [5.41, 5.74) is 0.514. The lowest BCUT2D eigenvalue weighted by Crippen LogP contribution is -1.83. The lowest BCUT2D eigenvalue weighted by atomic mass is 10.2. The number of phenols is 1. The summed E-state index contributed by atoms with van der Waals surface area (Å²) in [6.45, 7) is 0. The lowest BCUT2D eigenvalue weighted by Gasteiger charge is -2.02. The predicted octanol–water partition coefficient (Wildman–Crippen LogP) is 2.18. The Morgan fingerprint density at radius 3 is 2.79 bits per heavy atom. The third-order valence-electron chi connectivity index (χ3n) is 1.63. The van der Waals surface area contributed by atoms with Gasteiger partial charge in [-0.25, -0.2) is 0 Å². The van der Waals surface area contributed by atoms with Crippen molar-refractivity contribution in [2.45, 2.75) is 0 Å². The van der Waals surface area contributed by atoms with Gasteiger partial charge >= 0.3 is 0 Å². The van der Waals surface area contributed by atoms with Crippen LogP contribution in [-0.2, 0) is 4.79 Å². The van der Waals surface area contributed by atoms with E-state index in [2.05, 4.69) is 0 Å². The molecule has 0 aliphatic carbocycles. The van der Waals surface area contributed by atoms with Crippen molar-refractivity contribution in [3.8, 4) is 11.5 Å². The fraction of sp³-hybridized carbons (Fsp3) is 0.100. The first kappa shape index (κ1) is 10.6. The van der Waals surface area contributed by atoms with Gasteiger partial charge in [-0.05, 0) is 35.9 Å². The Balaban J connectivity index is 2.94. The van der Waals surface area contributed by atoms with Gasteiger partial charge in [0.05, 0.1) is 7.11 Å². The standard InChI is InChI=1S/C10H9ClO3/c1-14-8-4-2-7(9(12)6-8)3-5-10(11)13/h2-6,12H,1H3. The molecule has 0 aliphatic rings. The zero-order valence-electron chi connectivity index (χ0n) is 7.53. The molecule has 0 atom stereocenters. The summed E-state index contributed by atoms with van der Waals surface area (Å²) in [5, 5.41) is 8.87. The fourth-order valence-corrected chi connectivity index (χ4v) is 1.01. The molecule has 4 heteroatoms. The Morgan fingerprint density at radius 1 is 1.57 bits per heavy atom. The number of allylic oxidation sites excluding steroid dienone is 1. The summed E-state index contributed by atoms with van der Waals surface area (Å²) >= 11 is 5.11. The Labute approximate surface area is 86.6 Å². The first-order valence-electron chi connectivity index (χ1n) is 3.88. The van der Waals surface area contributed by atoms with Gasteiger partial charge in [0, 0.05) is 11.6 Å². The van der Waals surface area contributed by atoms with E-state index >= 15 is 0 Å². The van der Waals surface area contributed by atoms with Crippen molar-refractivity contribution in [2.75, 3.05) is 7.11 Å². The second kappa shape index (κ2) is 4.67. The Bertz CT molecular complexity index is 372. The van der Waals surface area contributed by atoms with Crippen molar-refractivity contribution in [1.29, 1.82) is 0 Å². The van der Waals surface area contributed by atoms with E-state index in [1.165, 1.54) is 25.3 Å². The van der Waals surface area contributed by atoms with Gasteiger partial charge in [-0.2, -0.15) is 0 Å². The Kier molecular flexibility index (Phi) is 3.54. The third kappa shape index (κ3) is 2.78. The molecule has 74 valence electrons. The molecule has 14 heavy (non-hydrogen) atoms. The smallest absolute Gasteiger partial charge is 0.245 e. The van der Waals surface area contributed by atoms with Gasteiger partial charge in [0.1, 0.15) is 11.5 Å². The summed E-state index contributed by atoms with van der Waals surface area (Å²) < 4.78 is 4.90. The molecule has 0 unspecified atom stereocenters. The van der Waals surface area contributed by atoms with E-state index in [1.807, 2.05) is 0 Å². The Hall–Kier alpha value is -1.48. The monoisotopic (exact) mass is 212 g/mol. The summed E-state index contributed by atoms with van der Waals surface area (Å²) in [6.07, 6.45) is 2.60. The van der Waals surface area contributed by atoms with E-state index in [4.69, 9.17) is 16.3 Å². The van der Waals surface area contributed by atoms with E-state index in [9.17, 15) is 9.90 Å². The van der Waals surface area contributed by atoms with Crippen LogP contribution in [0.15, 0.2) is 24.3 Å². The Morgan fingerprint density at radius 2 is 2.29 bits per heavy atom. The highest BCUT2D eigenvalue weighted by Gasteiger charge is 1.99. The molecule has 0 aromatic heterocycles. The molecule has 0 saturated carbocycles. The molecule has 0 heterocycles. The minimum Gasteiger partial charge on any atom is -0.507 e. The van der Waals surface area contributed by atoms with Crippen LogP contribution in [0.3, 0.4) is 0 Å². The molecule has 0 saturated heterocycles. The number of halogens is 1. The van der Waals surface area contributed by atoms with Crippen LogP contribution in [-0.4, -0.2) is 17.5 Å². The lowest BCUT2D eigenvalue weighted by molar-refractivity contribution is -0.107. The average molecular weight is 213 g/mol. The van der Waals surface area contributed by atoms with Crippen LogP contribution in [0.5, 0.6) is 11.5 Å². The summed E-state index contributed by atoms with van der Waals surface area (Å²) in [4.78, 5) is 10.4. The van der Waals surface area contributed by atoms with Crippen molar-refractivity contribution in [1.82, 2.24) is 0 Å². The highest BCUT2D eigenvalue weighted by molar-refractivity contribution is 6.66. The molecule has 3 nitrogen and oxygen atoms in total. The molecule has 0 bridgehead atoms. The topological polar surface area (TPSA) is 46.5 Å². The number of rotatable bonds is 3. The number of hydrogen-bond acceptors (Lipinski definition) is 3. The largest absolute Gasteiger partial charge is 0.507 e. The van der Waals surface area contributed by atoms with Gasteiger partial charge in [-0.15, -0.1) is 0 Å². The highest BCUT2D eigenvalue weighted by atomic mass is 35.5. The second-order valence-corrected chi connectivity index (χ2v) is 2.93. The van der Waals surface area contributed by atoms with Gasteiger partial charge < -0.3 is 9.84 Å². The molecule has 0 radical (unpaired) electrons. The molecular weight excluding hydrogens is 204 g/mol. The van der Waals surface area contributed by atoms with Gasteiger partial charge in [0.2, 0.25) is 5.24 Å². The zero-order valence-corrected chi connectivity index (χ0v) is 8.28. The molecule has 0 aliphatic heterocycles. The molecule has 0 spiro atoms. The third-order valence-corrected chi connectivity index (χ3v) is 1.76. The first-order chi connectivity index (χ1) is 6.63. The van der Waals surface area contributed by atoms with Crippen LogP contribution in [0.4, 0.5) is 0 Å². The normalized spacial score (nSPS) is 10.4. The number of benzene rings is 1. The van der Waals surface area contributed by atoms with Crippen LogP contribution in [0.2, 0.25) is 0 Å². The molecule has 1 rings (SSSR count). The maximum Gasteiger partial charge on any atom is 0.245 e. The van der Waals surface area contributed by atoms with Gasteiger partial charge in [-0.1, -0.05) is 0 Å². The summed E-state index contributed by atoms with van der Waals surface area (Å²) in [6, 6.07) is 4.76. The van der Waals surface area contributed by atoms with Gasteiger partial charge in [0.15, 0.2) is 0 Å². The maximum atomic E-state index is 10.4. The number of carbonyl (C=O) groups is 1. The van der Waals surface area contributed by atoms with Crippen molar-refractivity contribution in [2.24, 2.45) is 0 Å². The van der Waals surface area contributed by atoms with Crippen LogP contribution in [0, 0.1) is 0 Å². The number of aromatic hydroxyl groups is 1. The SMILES string of the molecule is COc1ccc(C=CC(=O)Cl)c(O)c1. The number of phenolic OH excluding ortho intramolecular Hbond substituents is 1. The van der Waals surface area contributed by atoms with Gasteiger partial charge in [0.25, 0.3) is 0 Å².